The van der Waals surface area contributed by atoms with E-state index in [9.17, 15) is 8.42 Å². The van der Waals surface area contributed by atoms with Crippen LogP contribution in [0.1, 0.15) is 6.42 Å². The lowest BCUT2D eigenvalue weighted by Gasteiger charge is -2.12. The van der Waals surface area contributed by atoms with Gasteiger partial charge in [-0.05, 0) is 20.0 Å². The molecule has 0 bridgehead atoms. The summed E-state index contributed by atoms with van der Waals surface area (Å²) in [6.07, 6.45) is 2.06. The van der Waals surface area contributed by atoms with Crippen LogP contribution in [-0.2, 0) is 10.0 Å². The van der Waals surface area contributed by atoms with Gasteiger partial charge in [-0.3, -0.25) is 0 Å². The van der Waals surface area contributed by atoms with E-state index in [0.717, 1.165) is 13.0 Å². The largest absolute Gasteiger partial charge is 0.320 e. The van der Waals surface area contributed by atoms with E-state index >= 15 is 0 Å². The fraction of sp³-hybridized carbons (Fsp3) is 1.00. The van der Waals surface area contributed by atoms with Gasteiger partial charge in [0.1, 0.15) is 0 Å². The average molecular weight is 180 g/mol. The third-order valence-electron chi connectivity index (χ3n) is 1.47. The van der Waals surface area contributed by atoms with Crippen LogP contribution in [0.15, 0.2) is 0 Å². The highest BCUT2D eigenvalue weighted by Crippen LogP contribution is 1.93. The average Bonchev–Trinajstić information content (AvgIpc) is 1.86. The fourth-order valence-electron chi connectivity index (χ4n) is 0.644. The summed E-state index contributed by atoms with van der Waals surface area (Å²) in [5.41, 5.74) is 0. The highest BCUT2D eigenvalue weighted by atomic mass is 32.2. The molecule has 0 aromatic carbocycles. The van der Waals surface area contributed by atoms with Gasteiger partial charge in [0.25, 0.3) is 0 Å². The van der Waals surface area contributed by atoms with Crippen molar-refractivity contribution in [1.82, 2.24) is 9.62 Å². The third kappa shape index (κ3) is 5.17. The van der Waals surface area contributed by atoms with Crippen molar-refractivity contribution in [2.24, 2.45) is 0 Å². The Kier molecular flexibility index (Phi) is 4.63. The zero-order chi connectivity index (χ0) is 8.91. The molecule has 1 N–H and O–H groups in total. The maximum absolute atomic E-state index is 10.8. The Balaban J connectivity index is 3.62. The predicted octanol–water partition coefficient (Wildman–Crippen LogP) is -0.513. The van der Waals surface area contributed by atoms with Crippen LogP contribution >= 0.6 is 0 Å². The minimum absolute atomic E-state index is 0.583. The third-order valence-corrected chi connectivity index (χ3v) is 2.78. The Morgan fingerprint density at radius 1 is 1.45 bits per heavy atom. The zero-order valence-corrected chi connectivity index (χ0v) is 8.11. The van der Waals surface area contributed by atoms with E-state index < -0.39 is 10.0 Å². The Morgan fingerprint density at radius 3 is 2.36 bits per heavy atom. The van der Waals surface area contributed by atoms with Crippen molar-refractivity contribution in [2.45, 2.75) is 6.42 Å². The standard InChI is InChI=1S/C6H16N2O2S/c1-7-5-4-6-8(2)11(3,9)10/h7H,4-6H2,1-3H3. The van der Waals surface area contributed by atoms with Crippen molar-refractivity contribution in [2.75, 3.05) is 33.4 Å². The number of hydrogen-bond acceptors (Lipinski definition) is 3. The highest BCUT2D eigenvalue weighted by Gasteiger charge is 2.08. The second-order valence-electron chi connectivity index (χ2n) is 2.54. The first-order valence-corrected chi connectivity index (χ1v) is 5.39. The van der Waals surface area contributed by atoms with E-state index in [2.05, 4.69) is 5.32 Å². The van der Waals surface area contributed by atoms with Crippen molar-refractivity contribution in [1.29, 1.82) is 0 Å². The summed E-state index contributed by atoms with van der Waals surface area (Å²) in [6, 6.07) is 0. The lowest BCUT2D eigenvalue weighted by atomic mass is 10.4. The molecule has 0 aromatic rings. The first-order valence-electron chi connectivity index (χ1n) is 3.54. The summed E-state index contributed by atoms with van der Waals surface area (Å²) < 4.78 is 23.0. The molecule has 5 heteroatoms. The molecular weight excluding hydrogens is 164 g/mol. The molecule has 0 amide bonds. The van der Waals surface area contributed by atoms with Gasteiger partial charge in [0, 0.05) is 13.6 Å². The molecule has 0 unspecified atom stereocenters. The van der Waals surface area contributed by atoms with Crippen LogP contribution < -0.4 is 5.32 Å². The molecule has 0 aliphatic heterocycles. The Bertz CT molecular complexity index is 189. The van der Waals surface area contributed by atoms with Gasteiger partial charge in [-0.1, -0.05) is 0 Å². The van der Waals surface area contributed by atoms with Crippen LogP contribution in [0.2, 0.25) is 0 Å². The van der Waals surface area contributed by atoms with Crippen LogP contribution in [0.3, 0.4) is 0 Å². The molecule has 0 radical (unpaired) electrons. The summed E-state index contributed by atoms with van der Waals surface area (Å²) in [5.74, 6) is 0. The van der Waals surface area contributed by atoms with Gasteiger partial charge in [0.15, 0.2) is 0 Å². The fourth-order valence-corrected chi connectivity index (χ4v) is 1.11. The molecule has 0 fully saturated rings. The number of hydrogen-bond donors (Lipinski definition) is 1. The molecule has 0 rings (SSSR count). The molecule has 4 nitrogen and oxygen atoms in total. The van der Waals surface area contributed by atoms with Crippen LogP contribution in [-0.4, -0.2) is 46.2 Å². The summed E-state index contributed by atoms with van der Waals surface area (Å²) in [4.78, 5) is 0. The monoisotopic (exact) mass is 180 g/mol. The predicted molar refractivity (Wildman–Crippen MR) is 46.0 cm³/mol. The van der Waals surface area contributed by atoms with Gasteiger partial charge in [0.2, 0.25) is 10.0 Å². The maximum atomic E-state index is 10.8. The second kappa shape index (κ2) is 4.69. The quantitative estimate of drug-likeness (QED) is 0.580. The molecule has 0 saturated heterocycles. The Morgan fingerprint density at radius 2 is 2.00 bits per heavy atom. The highest BCUT2D eigenvalue weighted by molar-refractivity contribution is 7.88. The van der Waals surface area contributed by atoms with Crippen LogP contribution in [0.5, 0.6) is 0 Å². The van der Waals surface area contributed by atoms with Gasteiger partial charge in [-0.25, -0.2) is 12.7 Å². The molecule has 0 atom stereocenters. The van der Waals surface area contributed by atoms with Gasteiger partial charge in [-0.15, -0.1) is 0 Å². The molecule has 68 valence electrons. The minimum atomic E-state index is -2.98. The summed E-state index contributed by atoms with van der Waals surface area (Å²) >= 11 is 0. The van der Waals surface area contributed by atoms with Crippen molar-refractivity contribution in [3.8, 4) is 0 Å². The molecule has 0 aromatic heterocycles. The minimum Gasteiger partial charge on any atom is -0.320 e. The lowest BCUT2D eigenvalue weighted by molar-refractivity contribution is 0.463. The van der Waals surface area contributed by atoms with Crippen LogP contribution in [0, 0.1) is 0 Å². The van der Waals surface area contributed by atoms with E-state index in [0.29, 0.717) is 6.54 Å². The first kappa shape index (κ1) is 10.9. The first-order chi connectivity index (χ1) is 4.98. The molecular formula is C6H16N2O2S. The lowest BCUT2D eigenvalue weighted by Crippen LogP contribution is -2.28. The van der Waals surface area contributed by atoms with Gasteiger partial charge < -0.3 is 5.32 Å². The summed E-state index contributed by atoms with van der Waals surface area (Å²) in [7, 11) is 0.458. The summed E-state index contributed by atoms with van der Waals surface area (Å²) in [5, 5.41) is 2.95. The molecule has 0 aliphatic rings. The summed E-state index contributed by atoms with van der Waals surface area (Å²) in [6.45, 7) is 1.43. The number of sulfonamides is 1. The number of nitrogens with one attached hydrogen (secondary N) is 1. The van der Waals surface area contributed by atoms with Gasteiger partial charge in [0.05, 0.1) is 6.26 Å². The topological polar surface area (TPSA) is 49.4 Å². The van der Waals surface area contributed by atoms with E-state index in [4.69, 9.17) is 0 Å². The van der Waals surface area contributed by atoms with Crippen molar-refractivity contribution < 1.29 is 8.42 Å². The number of rotatable bonds is 5. The molecule has 0 saturated carbocycles. The van der Waals surface area contributed by atoms with Gasteiger partial charge >= 0.3 is 0 Å². The van der Waals surface area contributed by atoms with E-state index in [1.165, 1.54) is 10.6 Å². The number of nitrogens with zero attached hydrogens (tertiary/aromatic N) is 1. The molecule has 0 spiro atoms. The molecule has 0 heterocycles. The van der Waals surface area contributed by atoms with Gasteiger partial charge in [-0.2, -0.15) is 0 Å². The van der Waals surface area contributed by atoms with Crippen LogP contribution in [0.4, 0.5) is 0 Å². The van der Waals surface area contributed by atoms with Crippen LogP contribution in [0.25, 0.3) is 0 Å². The SMILES string of the molecule is CNCCCN(C)S(C)(=O)=O. The van der Waals surface area contributed by atoms with E-state index in [1.807, 2.05) is 7.05 Å². The maximum Gasteiger partial charge on any atom is 0.210 e. The van der Waals surface area contributed by atoms with E-state index in [-0.39, 0.29) is 0 Å². The van der Waals surface area contributed by atoms with Crippen molar-refractivity contribution in [3.05, 3.63) is 0 Å². The second-order valence-corrected chi connectivity index (χ2v) is 4.63. The smallest absolute Gasteiger partial charge is 0.210 e. The Hall–Kier alpha value is -0.130. The molecule has 0 aliphatic carbocycles. The van der Waals surface area contributed by atoms with Crippen molar-refractivity contribution >= 4 is 10.0 Å². The molecule has 11 heavy (non-hydrogen) atoms. The normalized spacial score (nSPS) is 12.4. The van der Waals surface area contributed by atoms with Crippen molar-refractivity contribution in [3.63, 3.8) is 0 Å². The van der Waals surface area contributed by atoms with E-state index in [1.54, 1.807) is 7.05 Å². The Labute approximate surface area is 68.6 Å². The zero-order valence-electron chi connectivity index (χ0n) is 7.29.